The van der Waals surface area contributed by atoms with Crippen LogP contribution in [0.4, 0.5) is 0 Å². The molecule has 2 aliphatic rings. The van der Waals surface area contributed by atoms with E-state index in [4.69, 9.17) is 5.11 Å². The molecule has 2 N–H and O–H groups in total. The van der Waals surface area contributed by atoms with Gasteiger partial charge in [-0.25, -0.2) is 0 Å². The molecule has 0 spiro atoms. The fraction of sp³-hybridized carbons (Fsp3) is 1.00. The summed E-state index contributed by atoms with van der Waals surface area (Å²) in [6.07, 6.45) is 6.38. The van der Waals surface area contributed by atoms with Crippen LogP contribution in [0.25, 0.3) is 0 Å². The maximum absolute atomic E-state index is 9.09. The van der Waals surface area contributed by atoms with E-state index in [0.29, 0.717) is 18.1 Å². The van der Waals surface area contributed by atoms with Crippen LogP contribution in [0.5, 0.6) is 0 Å². The number of likely N-dealkylation sites (tertiary alicyclic amines) is 1. The second-order valence-electron chi connectivity index (χ2n) is 7.60. The van der Waals surface area contributed by atoms with Crippen molar-refractivity contribution in [1.29, 1.82) is 0 Å². The lowest BCUT2D eigenvalue weighted by molar-refractivity contribution is 0.0847. The van der Waals surface area contributed by atoms with Gasteiger partial charge >= 0.3 is 0 Å². The minimum absolute atomic E-state index is 0.356. The third kappa shape index (κ3) is 3.96. The van der Waals surface area contributed by atoms with Gasteiger partial charge in [0.1, 0.15) is 0 Å². The Balaban J connectivity index is 1.90. The molecule has 3 heteroatoms. The van der Waals surface area contributed by atoms with Gasteiger partial charge in [0, 0.05) is 25.7 Å². The van der Waals surface area contributed by atoms with Gasteiger partial charge < -0.3 is 15.3 Å². The molecule has 2 fully saturated rings. The van der Waals surface area contributed by atoms with E-state index < -0.39 is 0 Å². The van der Waals surface area contributed by atoms with E-state index in [9.17, 15) is 0 Å². The molecule has 0 aromatic heterocycles. The zero-order valence-corrected chi connectivity index (χ0v) is 13.7. The molecule has 0 aromatic rings. The number of aliphatic hydroxyl groups is 1. The van der Waals surface area contributed by atoms with Crippen molar-refractivity contribution in [1.82, 2.24) is 10.2 Å². The SMILES string of the molecule is CCNC1C(CN2CCC(CCO)C2)CCCC1(C)C. The van der Waals surface area contributed by atoms with Gasteiger partial charge in [0.15, 0.2) is 0 Å². The van der Waals surface area contributed by atoms with Crippen LogP contribution in [-0.2, 0) is 0 Å². The normalized spacial score (nSPS) is 34.5. The molecule has 3 atom stereocenters. The van der Waals surface area contributed by atoms with E-state index in [2.05, 4.69) is 31.0 Å². The van der Waals surface area contributed by atoms with Crippen molar-refractivity contribution < 1.29 is 5.11 Å². The van der Waals surface area contributed by atoms with E-state index in [-0.39, 0.29) is 0 Å². The van der Waals surface area contributed by atoms with Gasteiger partial charge in [0.05, 0.1) is 0 Å². The van der Waals surface area contributed by atoms with E-state index in [1.807, 2.05) is 0 Å². The number of nitrogens with zero attached hydrogens (tertiary/aromatic N) is 1. The van der Waals surface area contributed by atoms with Crippen LogP contribution in [-0.4, -0.2) is 48.8 Å². The summed E-state index contributed by atoms with van der Waals surface area (Å²) < 4.78 is 0. The van der Waals surface area contributed by atoms with Gasteiger partial charge in [-0.3, -0.25) is 0 Å². The van der Waals surface area contributed by atoms with Crippen LogP contribution in [0.2, 0.25) is 0 Å². The summed E-state index contributed by atoms with van der Waals surface area (Å²) in [5.41, 5.74) is 0.434. The molecule has 1 heterocycles. The first-order valence-corrected chi connectivity index (χ1v) is 8.63. The number of rotatable bonds is 6. The Labute approximate surface area is 125 Å². The van der Waals surface area contributed by atoms with Gasteiger partial charge in [0.25, 0.3) is 0 Å². The Bertz CT molecular complexity index is 293. The highest BCUT2D eigenvalue weighted by Crippen LogP contribution is 2.39. The molecule has 1 aliphatic heterocycles. The van der Waals surface area contributed by atoms with E-state index >= 15 is 0 Å². The number of nitrogens with one attached hydrogen (secondary N) is 1. The second kappa shape index (κ2) is 7.24. The molecule has 1 saturated carbocycles. The van der Waals surface area contributed by atoms with Crippen molar-refractivity contribution >= 4 is 0 Å². The zero-order chi connectivity index (χ0) is 14.6. The molecule has 1 saturated heterocycles. The monoisotopic (exact) mass is 282 g/mol. The van der Waals surface area contributed by atoms with Crippen molar-refractivity contribution in [2.45, 2.75) is 58.9 Å². The van der Waals surface area contributed by atoms with Crippen molar-refractivity contribution in [2.75, 3.05) is 32.8 Å². The summed E-state index contributed by atoms with van der Waals surface area (Å²) >= 11 is 0. The molecule has 118 valence electrons. The molecule has 0 radical (unpaired) electrons. The summed E-state index contributed by atoms with van der Waals surface area (Å²) in [6.45, 7) is 12.2. The smallest absolute Gasteiger partial charge is 0.0434 e. The van der Waals surface area contributed by atoms with E-state index in [0.717, 1.165) is 24.8 Å². The standard InChI is InChI=1S/C17H34N2O/c1-4-18-16-15(6-5-9-17(16,2)3)13-19-10-7-14(12-19)8-11-20/h14-16,18,20H,4-13H2,1-3H3. The lowest BCUT2D eigenvalue weighted by Crippen LogP contribution is -2.52. The van der Waals surface area contributed by atoms with Crippen LogP contribution in [0.3, 0.4) is 0 Å². The molecular formula is C17H34N2O. The summed E-state index contributed by atoms with van der Waals surface area (Å²) in [4.78, 5) is 2.65. The minimum Gasteiger partial charge on any atom is -0.396 e. The average Bonchev–Trinajstić information content (AvgIpc) is 2.81. The molecule has 0 bridgehead atoms. The third-order valence-corrected chi connectivity index (χ3v) is 5.53. The summed E-state index contributed by atoms with van der Waals surface area (Å²) in [7, 11) is 0. The maximum atomic E-state index is 9.09. The van der Waals surface area contributed by atoms with Crippen molar-refractivity contribution in [3.63, 3.8) is 0 Å². The van der Waals surface area contributed by atoms with Crippen molar-refractivity contribution in [2.24, 2.45) is 17.3 Å². The quantitative estimate of drug-likeness (QED) is 0.786. The summed E-state index contributed by atoms with van der Waals surface area (Å²) in [5.74, 6) is 1.53. The molecule has 0 aromatic carbocycles. The zero-order valence-electron chi connectivity index (χ0n) is 13.7. The Kier molecular flexibility index (Phi) is 5.88. The Morgan fingerprint density at radius 3 is 2.80 bits per heavy atom. The molecular weight excluding hydrogens is 248 g/mol. The number of hydrogen-bond acceptors (Lipinski definition) is 3. The molecule has 3 nitrogen and oxygen atoms in total. The van der Waals surface area contributed by atoms with Crippen LogP contribution >= 0.6 is 0 Å². The predicted octanol–water partition coefficient (Wildman–Crippen LogP) is 2.50. The fourth-order valence-electron chi connectivity index (χ4n) is 4.47. The van der Waals surface area contributed by atoms with Crippen molar-refractivity contribution in [3.8, 4) is 0 Å². The second-order valence-corrected chi connectivity index (χ2v) is 7.60. The molecule has 2 rings (SSSR count). The Hall–Kier alpha value is -0.120. The summed E-state index contributed by atoms with van der Waals surface area (Å²) in [5, 5.41) is 12.9. The Morgan fingerprint density at radius 1 is 1.30 bits per heavy atom. The van der Waals surface area contributed by atoms with Crippen LogP contribution in [0.15, 0.2) is 0 Å². The van der Waals surface area contributed by atoms with E-state index in [1.54, 1.807) is 0 Å². The van der Waals surface area contributed by atoms with Gasteiger partial charge in [0.2, 0.25) is 0 Å². The predicted molar refractivity (Wildman–Crippen MR) is 84.8 cm³/mol. The highest BCUT2D eigenvalue weighted by atomic mass is 16.3. The van der Waals surface area contributed by atoms with Gasteiger partial charge in [-0.2, -0.15) is 0 Å². The maximum Gasteiger partial charge on any atom is 0.0434 e. The lowest BCUT2D eigenvalue weighted by Gasteiger charge is -2.45. The highest BCUT2D eigenvalue weighted by Gasteiger charge is 2.39. The topological polar surface area (TPSA) is 35.5 Å². The fourth-order valence-corrected chi connectivity index (χ4v) is 4.47. The number of aliphatic hydroxyl groups excluding tert-OH is 1. The molecule has 3 unspecified atom stereocenters. The van der Waals surface area contributed by atoms with E-state index in [1.165, 1.54) is 45.3 Å². The third-order valence-electron chi connectivity index (χ3n) is 5.53. The van der Waals surface area contributed by atoms with Crippen molar-refractivity contribution in [3.05, 3.63) is 0 Å². The first kappa shape index (κ1) is 16.3. The summed E-state index contributed by atoms with van der Waals surface area (Å²) in [6, 6.07) is 0.665. The van der Waals surface area contributed by atoms with Crippen LogP contribution < -0.4 is 5.32 Å². The first-order valence-electron chi connectivity index (χ1n) is 8.63. The average molecular weight is 282 g/mol. The van der Waals surface area contributed by atoms with Crippen LogP contribution in [0.1, 0.15) is 52.9 Å². The first-order chi connectivity index (χ1) is 9.56. The molecule has 20 heavy (non-hydrogen) atoms. The largest absolute Gasteiger partial charge is 0.396 e. The highest BCUT2D eigenvalue weighted by molar-refractivity contribution is 4.95. The van der Waals surface area contributed by atoms with Gasteiger partial charge in [-0.1, -0.05) is 27.2 Å². The molecule has 1 aliphatic carbocycles. The number of hydrogen-bond donors (Lipinski definition) is 2. The van der Waals surface area contributed by atoms with Gasteiger partial charge in [-0.15, -0.1) is 0 Å². The minimum atomic E-state index is 0.356. The van der Waals surface area contributed by atoms with Crippen LogP contribution in [0, 0.1) is 17.3 Å². The Morgan fingerprint density at radius 2 is 2.10 bits per heavy atom. The molecule has 0 amide bonds. The lowest BCUT2D eigenvalue weighted by atomic mass is 9.67. The van der Waals surface area contributed by atoms with Gasteiger partial charge in [-0.05, 0) is 56.0 Å².